The zero-order valence-corrected chi connectivity index (χ0v) is 18.9. The molecule has 1 fully saturated rings. The van der Waals surface area contributed by atoms with E-state index in [2.05, 4.69) is 28.8 Å². The maximum absolute atomic E-state index is 13.5. The van der Waals surface area contributed by atoms with Crippen LogP contribution in [0, 0.1) is 0 Å². The molecule has 5 nitrogen and oxygen atoms in total. The highest BCUT2D eigenvalue weighted by atomic mass is 16.5. The van der Waals surface area contributed by atoms with Crippen LogP contribution in [0.5, 0.6) is 11.5 Å². The first-order valence-electron chi connectivity index (χ1n) is 12.0. The number of hydrogen-bond donors (Lipinski definition) is 2. The van der Waals surface area contributed by atoms with E-state index in [1.165, 1.54) is 0 Å². The maximum atomic E-state index is 13.5. The molecule has 0 bridgehead atoms. The first-order valence-corrected chi connectivity index (χ1v) is 12.0. The molecule has 170 valence electrons. The van der Waals surface area contributed by atoms with Gasteiger partial charge in [-0.2, -0.15) is 0 Å². The molecule has 2 N–H and O–H groups in total. The van der Waals surface area contributed by atoms with Gasteiger partial charge in [0, 0.05) is 28.6 Å². The molecular weight excluding hydrogens is 422 g/mol. The third-order valence-corrected chi connectivity index (χ3v) is 6.97. The summed E-state index contributed by atoms with van der Waals surface area (Å²) >= 11 is 0. The minimum atomic E-state index is -0.348. The van der Waals surface area contributed by atoms with Crippen molar-refractivity contribution in [2.24, 2.45) is 0 Å². The van der Waals surface area contributed by atoms with Crippen molar-refractivity contribution in [1.82, 2.24) is 10.3 Å². The second kappa shape index (κ2) is 8.82. The van der Waals surface area contributed by atoms with Gasteiger partial charge in [-0.05, 0) is 56.0 Å². The number of para-hydroxylation sites is 3. The fourth-order valence-electron chi connectivity index (χ4n) is 5.21. The van der Waals surface area contributed by atoms with E-state index < -0.39 is 0 Å². The molecule has 2 aliphatic rings. The lowest BCUT2D eigenvalue weighted by atomic mass is 9.86. The Morgan fingerprint density at radius 3 is 2.09 bits per heavy atom. The van der Waals surface area contributed by atoms with E-state index >= 15 is 0 Å². The third kappa shape index (κ3) is 3.98. The number of ether oxygens (including phenoxy) is 1. The summed E-state index contributed by atoms with van der Waals surface area (Å²) in [5.41, 5.74) is 2.86. The summed E-state index contributed by atoms with van der Waals surface area (Å²) < 4.78 is 6.05. The lowest BCUT2D eigenvalue weighted by Crippen LogP contribution is -2.42. The second-order valence-corrected chi connectivity index (χ2v) is 9.20. The zero-order chi connectivity index (χ0) is 22.9. The van der Waals surface area contributed by atoms with Gasteiger partial charge in [0.25, 0.3) is 0 Å². The molecule has 6 rings (SSSR count). The van der Waals surface area contributed by atoms with E-state index in [0.717, 1.165) is 65.0 Å². The summed E-state index contributed by atoms with van der Waals surface area (Å²) in [4.78, 5) is 18.2. The van der Waals surface area contributed by atoms with E-state index in [1.54, 1.807) is 0 Å². The monoisotopic (exact) mass is 449 g/mol. The van der Waals surface area contributed by atoms with Gasteiger partial charge in [0.1, 0.15) is 17.3 Å². The molecule has 1 aliphatic carbocycles. The van der Waals surface area contributed by atoms with Crippen LogP contribution in [-0.4, -0.2) is 23.0 Å². The number of rotatable bonds is 4. The molecule has 1 aromatic heterocycles. The van der Waals surface area contributed by atoms with Gasteiger partial charge in [0.05, 0.1) is 11.4 Å². The summed E-state index contributed by atoms with van der Waals surface area (Å²) in [6, 6.07) is 28.6. The van der Waals surface area contributed by atoms with Crippen LogP contribution < -0.4 is 15.4 Å². The second-order valence-electron chi connectivity index (χ2n) is 9.20. The van der Waals surface area contributed by atoms with Crippen LogP contribution in [-0.2, 0) is 4.79 Å². The number of nitrogens with one attached hydrogen (secondary N) is 2. The van der Waals surface area contributed by atoms with E-state index in [-0.39, 0.29) is 17.9 Å². The van der Waals surface area contributed by atoms with Gasteiger partial charge in [0.2, 0.25) is 5.91 Å². The van der Waals surface area contributed by atoms with Gasteiger partial charge in [-0.3, -0.25) is 4.79 Å². The third-order valence-electron chi connectivity index (χ3n) is 6.97. The van der Waals surface area contributed by atoms with Gasteiger partial charge >= 0.3 is 0 Å². The quantitative estimate of drug-likeness (QED) is 0.400. The molecule has 4 aromatic rings. The van der Waals surface area contributed by atoms with Crippen LogP contribution in [0.15, 0.2) is 84.9 Å². The van der Waals surface area contributed by atoms with E-state index in [1.807, 2.05) is 66.7 Å². The first kappa shape index (κ1) is 20.7. The summed E-state index contributed by atoms with van der Waals surface area (Å²) in [7, 11) is 0. The Morgan fingerprint density at radius 1 is 0.735 bits per heavy atom. The SMILES string of the molecule is O=C(NC1CCC(Nc2ccc3ccccc3n2)CC1)C1c2ccccc2Oc2ccccc21. The number of pyridine rings is 1. The van der Waals surface area contributed by atoms with Crippen LogP contribution in [0.3, 0.4) is 0 Å². The molecule has 0 saturated heterocycles. The van der Waals surface area contributed by atoms with Crippen molar-refractivity contribution in [2.45, 2.75) is 43.7 Å². The van der Waals surface area contributed by atoms with Crippen molar-refractivity contribution >= 4 is 22.6 Å². The van der Waals surface area contributed by atoms with Crippen molar-refractivity contribution < 1.29 is 9.53 Å². The predicted molar refractivity (Wildman–Crippen MR) is 134 cm³/mol. The van der Waals surface area contributed by atoms with Crippen molar-refractivity contribution in [3.8, 4) is 11.5 Å². The largest absolute Gasteiger partial charge is 0.457 e. The number of aromatic nitrogens is 1. The number of carbonyl (C=O) groups is 1. The van der Waals surface area contributed by atoms with Gasteiger partial charge < -0.3 is 15.4 Å². The van der Waals surface area contributed by atoms with Crippen molar-refractivity contribution in [2.75, 3.05) is 5.32 Å². The molecule has 0 unspecified atom stereocenters. The van der Waals surface area contributed by atoms with Gasteiger partial charge in [-0.25, -0.2) is 4.98 Å². The number of hydrogen-bond acceptors (Lipinski definition) is 4. The van der Waals surface area contributed by atoms with Gasteiger partial charge in [-0.1, -0.05) is 54.6 Å². The number of benzene rings is 3. The van der Waals surface area contributed by atoms with Crippen molar-refractivity contribution in [3.63, 3.8) is 0 Å². The molecule has 5 heteroatoms. The average molecular weight is 450 g/mol. The first-order chi connectivity index (χ1) is 16.7. The molecule has 1 amide bonds. The van der Waals surface area contributed by atoms with Crippen molar-refractivity contribution in [3.05, 3.63) is 96.1 Å². The Labute approximate surface area is 199 Å². The molecule has 0 atom stereocenters. The molecule has 1 saturated carbocycles. The molecule has 0 radical (unpaired) electrons. The smallest absolute Gasteiger partial charge is 0.232 e. The maximum Gasteiger partial charge on any atom is 0.232 e. The van der Waals surface area contributed by atoms with Crippen LogP contribution in [0.4, 0.5) is 5.82 Å². The van der Waals surface area contributed by atoms with Gasteiger partial charge in [-0.15, -0.1) is 0 Å². The van der Waals surface area contributed by atoms with Crippen LogP contribution in [0.2, 0.25) is 0 Å². The van der Waals surface area contributed by atoms with Crippen molar-refractivity contribution in [1.29, 1.82) is 0 Å². The molecule has 0 spiro atoms. The van der Waals surface area contributed by atoms with E-state index in [9.17, 15) is 4.79 Å². The fourth-order valence-corrected chi connectivity index (χ4v) is 5.21. The number of nitrogens with zero attached hydrogens (tertiary/aromatic N) is 1. The van der Waals surface area contributed by atoms with Crippen LogP contribution in [0.25, 0.3) is 10.9 Å². The van der Waals surface area contributed by atoms with E-state index in [0.29, 0.717) is 6.04 Å². The fraction of sp³-hybridized carbons (Fsp3) is 0.241. The summed E-state index contributed by atoms with van der Waals surface area (Å²) in [5.74, 6) is 2.14. The van der Waals surface area contributed by atoms with E-state index in [4.69, 9.17) is 9.72 Å². The highest BCUT2D eigenvalue weighted by molar-refractivity contribution is 5.90. The lowest BCUT2D eigenvalue weighted by molar-refractivity contribution is -0.122. The number of carbonyl (C=O) groups excluding carboxylic acids is 1. The Bertz CT molecular complexity index is 1300. The highest BCUT2D eigenvalue weighted by Crippen LogP contribution is 2.44. The minimum absolute atomic E-state index is 0.0517. The summed E-state index contributed by atoms with van der Waals surface area (Å²) in [6.45, 7) is 0. The topological polar surface area (TPSA) is 63.2 Å². The number of amides is 1. The van der Waals surface area contributed by atoms with Crippen LogP contribution in [0.1, 0.15) is 42.7 Å². The zero-order valence-electron chi connectivity index (χ0n) is 18.9. The van der Waals surface area contributed by atoms with Gasteiger partial charge in [0.15, 0.2) is 0 Å². The normalized spacial score (nSPS) is 19.5. The molecule has 34 heavy (non-hydrogen) atoms. The highest BCUT2D eigenvalue weighted by Gasteiger charge is 2.34. The average Bonchev–Trinajstić information content (AvgIpc) is 2.88. The summed E-state index contributed by atoms with van der Waals surface area (Å²) in [6.07, 6.45) is 3.90. The molecule has 3 aromatic carbocycles. The molecule has 1 aliphatic heterocycles. The predicted octanol–water partition coefficient (Wildman–Crippen LogP) is 6.01. The Kier molecular flexibility index (Phi) is 5.38. The standard InChI is InChI=1S/C29H27N3O2/c33-29(28-22-8-2-5-11-25(22)34-26-12-6-3-9-23(26)28)31-21-16-14-20(15-17-21)30-27-18-13-19-7-1-4-10-24(19)32-27/h1-13,18,20-21,28H,14-17H2,(H,30,32)(H,31,33). The molecular formula is C29H27N3O2. The van der Waals surface area contributed by atoms with Crippen LogP contribution >= 0.6 is 0 Å². The minimum Gasteiger partial charge on any atom is -0.457 e. The Hall–Kier alpha value is -3.86. The lowest BCUT2D eigenvalue weighted by Gasteiger charge is -2.32. The Balaban J connectivity index is 1.11. The summed E-state index contributed by atoms with van der Waals surface area (Å²) in [5, 5.41) is 8.09. The molecule has 2 heterocycles. The number of fused-ring (bicyclic) bond motifs is 3. The number of anilines is 1. The Morgan fingerprint density at radius 2 is 1.35 bits per heavy atom.